The molecule has 4 N–H and O–H groups in total. The van der Waals surface area contributed by atoms with E-state index in [0.29, 0.717) is 12.1 Å². The van der Waals surface area contributed by atoms with Gasteiger partial charge in [0.25, 0.3) is 0 Å². The van der Waals surface area contributed by atoms with Gasteiger partial charge in [-0.3, -0.25) is 4.79 Å². The van der Waals surface area contributed by atoms with Crippen molar-refractivity contribution in [1.29, 1.82) is 0 Å². The highest BCUT2D eigenvalue weighted by molar-refractivity contribution is 5.92. The smallest absolute Gasteiger partial charge is 0.248 e. The number of aliphatic hydroxyl groups is 1. The van der Waals surface area contributed by atoms with Crippen LogP contribution < -0.4 is 11.1 Å². The van der Waals surface area contributed by atoms with Crippen molar-refractivity contribution < 1.29 is 14.3 Å². The average molecular weight is 280 g/mol. The number of nitrogens with two attached hydrogens (primary N) is 1. The third-order valence-electron chi connectivity index (χ3n) is 4.10. The van der Waals surface area contributed by atoms with Crippen LogP contribution in [0.4, 0.5) is 4.39 Å². The third-order valence-corrected chi connectivity index (χ3v) is 4.10. The Labute approximate surface area is 118 Å². The number of halogens is 1. The van der Waals surface area contributed by atoms with E-state index in [0.717, 1.165) is 31.7 Å². The van der Waals surface area contributed by atoms with Crippen molar-refractivity contribution in [3.8, 4) is 0 Å². The van der Waals surface area contributed by atoms with E-state index in [2.05, 4.69) is 5.32 Å². The molecule has 0 radical (unpaired) electrons. The van der Waals surface area contributed by atoms with E-state index < -0.39 is 11.7 Å². The van der Waals surface area contributed by atoms with Crippen LogP contribution in [-0.2, 0) is 6.54 Å². The maximum atomic E-state index is 13.9. The highest BCUT2D eigenvalue weighted by atomic mass is 19.1. The Hall–Kier alpha value is -1.46. The molecule has 0 aliphatic heterocycles. The van der Waals surface area contributed by atoms with Crippen LogP contribution in [-0.4, -0.2) is 23.2 Å². The number of primary amides is 1. The van der Waals surface area contributed by atoms with Crippen LogP contribution in [0.2, 0.25) is 0 Å². The van der Waals surface area contributed by atoms with Crippen LogP contribution in [0.25, 0.3) is 0 Å². The molecule has 0 bridgehead atoms. The fraction of sp³-hybridized carbons (Fsp3) is 0.533. The molecule has 0 spiro atoms. The summed E-state index contributed by atoms with van der Waals surface area (Å²) in [5, 5.41) is 12.9. The molecule has 0 saturated heterocycles. The Morgan fingerprint density at radius 2 is 2.05 bits per heavy atom. The number of hydrogen-bond donors (Lipinski definition) is 3. The van der Waals surface area contributed by atoms with E-state index in [1.54, 1.807) is 6.07 Å². The summed E-state index contributed by atoms with van der Waals surface area (Å²) in [6.07, 6.45) is 5.16. The minimum absolute atomic E-state index is 0.0635. The van der Waals surface area contributed by atoms with Crippen LogP contribution in [0.5, 0.6) is 0 Å². The van der Waals surface area contributed by atoms with Crippen LogP contribution in [0.15, 0.2) is 18.2 Å². The van der Waals surface area contributed by atoms with Crippen molar-refractivity contribution in [2.45, 2.75) is 44.2 Å². The van der Waals surface area contributed by atoms with E-state index >= 15 is 0 Å². The molecule has 4 nitrogen and oxygen atoms in total. The first-order valence-electron chi connectivity index (χ1n) is 7.00. The Morgan fingerprint density at radius 1 is 1.35 bits per heavy atom. The van der Waals surface area contributed by atoms with Gasteiger partial charge in [0.2, 0.25) is 5.91 Å². The zero-order chi connectivity index (χ0) is 14.6. The normalized spacial score (nSPS) is 17.9. The van der Waals surface area contributed by atoms with Crippen molar-refractivity contribution in [3.63, 3.8) is 0 Å². The van der Waals surface area contributed by atoms with Gasteiger partial charge in [-0.2, -0.15) is 0 Å². The summed E-state index contributed by atoms with van der Waals surface area (Å²) in [4.78, 5) is 11.0. The lowest BCUT2D eigenvalue weighted by molar-refractivity contribution is 0.1000. The van der Waals surface area contributed by atoms with Crippen LogP contribution >= 0.6 is 0 Å². The molecule has 0 atom stereocenters. The fourth-order valence-electron chi connectivity index (χ4n) is 2.75. The standard InChI is InChI=1S/C15H21FN2O2/c16-13-8-11(14(17)20)4-5-12(13)9-18-15(10-19)6-2-1-3-7-15/h4-5,8,18-19H,1-3,6-7,9-10H2,(H2,17,20). The summed E-state index contributed by atoms with van der Waals surface area (Å²) in [5.74, 6) is -1.08. The van der Waals surface area contributed by atoms with Crippen molar-refractivity contribution in [3.05, 3.63) is 35.1 Å². The fourth-order valence-corrected chi connectivity index (χ4v) is 2.75. The molecule has 5 heteroatoms. The maximum absolute atomic E-state index is 13.9. The second-order valence-electron chi connectivity index (χ2n) is 5.52. The molecule has 0 aromatic heterocycles. The molecule has 0 unspecified atom stereocenters. The molecular weight excluding hydrogens is 259 g/mol. The molecule has 1 fully saturated rings. The van der Waals surface area contributed by atoms with Gasteiger partial charge in [0.05, 0.1) is 6.61 Å². The van der Waals surface area contributed by atoms with Crippen molar-refractivity contribution in [1.82, 2.24) is 5.32 Å². The van der Waals surface area contributed by atoms with Crippen molar-refractivity contribution >= 4 is 5.91 Å². The monoisotopic (exact) mass is 280 g/mol. The average Bonchev–Trinajstić information content (AvgIpc) is 2.47. The van der Waals surface area contributed by atoms with Gasteiger partial charge >= 0.3 is 0 Å². The number of hydrogen-bond acceptors (Lipinski definition) is 3. The minimum atomic E-state index is -0.637. The van der Waals surface area contributed by atoms with Crippen LogP contribution in [0, 0.1) is 5.82 Å². The summed E-state index contributed by atoms with van der Waals surface area (Å²) in [6.45, 7) is 0.402. The van der Waals surface area contributed by atoms with Gasteiger partial charge in [0, 0.05) is 23.2 Å². The number of carbonyl (C=O) groups is 1. The molecule has 110 valence electrons. The molecule has 1 aliphatic rings. The predicted molar refractivity (Wildman–Crippen MR) is 74.7 cm³/mol. The zero-order valence-electron chi connectivity index (χ0n) is 11.5. The first-order chi connectivity index (χ1) is 9.56. The first-order valence-corrected chi connectivity index (χ1v) is 7.00. The lowest BCUT2D eigenvalue weighted by Crippen LogP contribution is -2.49. The van der Waals surface area contributed by atoms with Crippen molar-refractivity contribution in [2.24, 2.45) is 5.73 Å². The molecule has 2 rings (SSSR count). The van der Waals surface area contributed by atoms with E-state index in [1.165, 1.54) is 12.5 Å². The Bertz CT molecular complexity index is 485. The predicted octanol–water partition coefficient (Wildman–Crippen LogP) is 1.71. The Balaban J connectivity index is 2.04. The minimum Gasteiger partial charge on any atom is -0.394 e. The number of rotatable bonds is 5. The van der Waals surface area contributed by atoms with Gasteiger partial charge in [0.15, 0.2) is 0 Å². The first kappa shape index (κ1) is 14.9. The lowest BCUT2D eigenvalue weighted by Gasteiger charge is -2.36. The van der Waals surface area contributed by atoms with Gasteiger partial charge in [-0.05, 0) is 25.0 Å². The molecule has 0 heterocycles. The second-order valence-corrected chi connectivity index (χ2v) is 5.52. The highest BCUT2D eigenvalue weighted by Gasteiger charge is 2.30. The molecule has 1 saturated carbocycles. The largest absolute Gasteiger partial charge is 0.394 e. The summed E-state index contributed by atoms with van der Waals surface area (Å²) >= 11 is 0. The van der Waals surface area contributed by atoms with E-state index in [-0.39, 0.29) is 17.7 Å². The highest BCUT2D eigenvalue weighted by Crippen LogP contribution is 2.28. The lowest BCUT2D eigenvalue weighted by atomic mass is 9.82. The summed E-state index contributed by atoms with van der Waals surface area (Å²) in [6, 6.07) is 4.25. The molecule has 1 aliphatic carbocycles. The molecule has 1 aromatic carbocycles. The van der Waals surface area contributed by atoms with Gasteiger partial charge in [-0.15, -0.1) is 0 Å². The van der Waals surface area contributed by atoms with E-state index in [1.807, 2.05) is 0 Å². The van der Waals surface area contributed by atoms with Gasteiger partial charge < -0.3 is 16.2 Å². The second kappa shape index (κ2) is 6.33. The van der Waals surface area contributed by atoms with E-state index in [9.17, 15) is 14.3 Å². The number of benzene rings is 1. The van der Waals surface area contributed by atoms with Gasteiger partial charge in [-0.25, -0.2) is 4.39 Å². The van der Waals surface area contributed by atoms with Crippen LogP contribution in [0.1, 0.15) is 48.0 Å². The molecule has 1 amide bonds. The van der Waals surface area contributed by atoms with Crippen LogP contribution in [0.3, 0.4) is 0 Å². The number of amides is 1. The van der Waals surface area contributed by atoms with Gasteiger partial charge in [0.1, 0.15) is 5.82 Å². The summed E-state index contributed by atoms with van der Waals surface area (Å²) in [7, 11) is 0. The van der Waals surface area contributed by atoms with Crippen molar-refractivity contribution in [2.75, 3.05) is 6.61 Å². The summed E-state index contributed by atoms with van der Waals surface area (Å²) in [5.41, 5.74) is 5.46. The quantitative estimate of drug-likeness (QED) is 0.768. The number of carbonyl (C=O) groups excluding carboxylic acids is 1. The van der Waals surface area contributed by atoms with E-state index in [4.69, 9.17) is 5.73 Å². The Kier molecular flexibility index (Phi) is 4.73. The molecular formula is C15H21FN2O2. The maximum Gasteiger partial charge on any atom is 0.248 e. The third kappa shape index (κ3) is 3.35. The number of nitrogens with one attached hydrogen (secondary N) is 1. The number of aliphatic hydroxyl groups excluding tert-OH is 1. The SMILES string of the molecule is NC(=O)c1ccc(CNC2(CO)CCCCC2)c(F)c1. The van der Waals surface area contributed by atoms with Gasteiger partial charge in [-0.1, -0.05) is 25.3 Å². The topological polar surface area (TPSA) is 75.4 Å². The molecule has 20 heavy (non-hydrogen) atoms. The summed E-state index contributed by atoms with van der Waals surface area (Å²) < 4.78 is 13.9. The zero-order valence-corrected chi connectivity index (χ0v) is 11.5. The molecule has 1 aromatic rings. The Morgan fingerprint density at radius 3 is 2.60 bits per heavy atom.